The van der Waals surface area contributed by atoms with Gasteiger partial charge in [0.25, 0.3) is 0 Å². The van der Waals surface area contributed by atoms with Crippen molar-refractivity contribution in [1.82, 2.24) is 10.2 Å². The highest BCUT2D eigenvalue weighted by Gasteiger charge is 2.31. The van der Waals surface area contributed by atoms with Crippen molar-refractivity contribution >= 4 is 11.8 Å². The SMILES string of the molecule is CCCN(CCC)C(=O)C1CCC(C(=O)NCc2ccco2)CC1. The van der Waals surface area contributed by atoms with Crippen molar-refractivity contribution < 1.29 is 14.0 Å². The molecule has 0 aliphatic heterocycles. The van der Waals surface area contributed by atoms with Crippen molar-refractivity contribution in [2.45, 2.75) is 58.9 Å². The van der Waals surface area contributed by atoms with Gasteiger partial charge in [0.05, 0.1) is 12.8 Å². The minimum atomic E-state index is 0.0230. The van der Waals surface area contributed by atoms with Gasteiger partial charge in [-0.1, -0.05) is 13.8 Å². The summed E-state index contributed by atoms with van der Waals surface area (Å²) < 4.78 is 5.23. The van der Waals surface area contributed by atoms with Gasteiger partial charge in [0.1, 0.15) is 5.76 Å². The van der Waals surface area contributed by atoms with Crippen LogP contribution in [0.1, 0.15) is 58.1 Å². The number of furan rings is 1. The normalized spacial score (nSPS) is 20.6. The van der Waals surface area contributed by atoms with E-state index < -0.39 is 0 Å². The molecule has 1 aromatic rings. The lowest BCUT2D eigenvalue weighted by molar-refractivity contribution is -0.138. The Hall–Kier alpha value is -1.78. The highest BCUT2D eigenvalue weighted by Crippen LogP contribution is 2.30. The van der Waals surface area contributed by atoms with Gasteiger partial charge in [0.15, 0.2) is 0 Å². The van der Waals surface area contributed by atoms with Crippen LogP contribution >= 0.6 is 0 Å². The number of carbonyl (C=O) groups is 2. The molecule has 0 aromatic carbocycles. The van der Waals surface area contributed by atoms with Crippen molar-refractivity contribution in [3.8, 4) is 0 Å². The van der Waals surface area contributed by atoms with Gasteiger partial charge in [-0.3, -0.25) is 9.59 Å². The molecule has 0 saturated heterocycles. The van der Waals surface area contributed by atoms with Gasteiger partial charge in [-0.15, -0.1) is 0 Å². The van der Waals surface area contributed by atoms with Crippen molar-refractivity contribution in [2.24, 2.45) is 11.8 Å². The smallest absolute Gasteiger partial charge is 0.225 e. The van der Waals surface area contributed by atoms with Gasteiger partial charge >= 0.3 is 0 Å². The summed E-state index contributed by atoms with van der Waals surface area (Å²) in [6, 6.07) is 3.67. The van der Waals surface area contributed by atoms with E-state index >= 15 is 0 Å². The summed E-state index contributed by atoms with van der Waals surface area (Å²) in [5, 5.41) is 2.93. The summed E-state index contributed by atoms with van der Waals surface area (Å²) in [5.74, 6) is 1.25. The third kappa shape index (κ3) is 5.11. The molecule has 24 heavy (non-hydrogen) atoms. The molecule has 0 bridgehead atoms. The third-order valence-corrected chi connectivity index (χ3v) is 4.76. The first-order valence-electron chi connectivity index (χ1n) is 9.24. The van der Waals surface area contributed by atoms with Crippen LogP contribution in [0, 0.1) is 11.8 Å². The number of nitrogens with one attached hydrogen (secondary N) is 1. The van der Waals surface area contributed by atoms with E-state index in [1.54, 1.807) is 6.26 Å². The van der Waals surface area contributed by atoms with E-state index in [0.29, 0.717) is 6.54 Å². The quantitative estimate of drug-likeness (QED) is 0.793. The fourth-order valence-electron chi connectivity index (χ4n) is 3.46. The Morgan fingerprint density at radius 1 is 1.12 bits per heavy atom. The fourth-order valence-corrected chi connectivity index (χ4v) is 3.46. The van der Waals surface area contributed by atoms with Crippen LogP contribution in [-0.4, -0.2) is 29.8 Å². The Morgan fingerprint density at radius 3 is 2.29 bits per heavy atom. The molecule has 5 nitrogen and oxygen atoms in total. The Balaban J connectivity index is 1.77. The molecular formula is C19H30N2O3. The number of hydrogen-bond donors (Lipinski definition) is 1. The van der Waals surface area contributed by atoms with Crippen LogP contribution in [-0.2, 0) is 16.1 Å². The zero-order valence-corrected chi connectivity index (χ0v) is 14.9. The Bertz CT molecular complexity index is 499. The monoisotopic (exact) mass is 334 g/mol. The standard InChI is InChI=1S/C19H30N2O3/c1-3-11-21(12-4-2)19(23)16-9-7-15(8-10-16)18(22)20-14-17-6-5-13-24-17/h5-6,13,15-16H,3-4,7-12,14H2,1-2H3,(H,20,22). The maximum Gasteiger partial charge on any atom is 0.225 e. The first-order chi connectivity index (χ1) is 11.7. The van der Waals surface area contributed by atoms with Gasteiger partial charge in [0, 0.05) is 24.9 Å². The molecule has 1 aliphatic carbocycles. The molecule has 2 amide bonds. The van der Waals surface area contributed by atoms with E-state index in [2.05, 4.69) is 19.2 Å². The Labute approximate surface area is 144 Å². The van der Waals surface area contributed by atoms with Gasteiger partial charge in [-0.05, 0) is 50.7 Å². The van der Waals surface area contributed by atoms with E-state index in [0.717, 1.165) is 57.4 Å². The predicted molar refractivity (Wildman–Crippen MR) is 93.2 cm³/mol. The number of carbonyl (C=O) groups excluding carboxylic acids is 2. The van der Waals surface area contributed by atoms with Gasteiger partial charge in [0.2, 0.25) is 11.8 Å². The van der Waals surface area contributed by atoms with Crippen molar-refractivity contribution in [2.75, 3.05) is 13.1 Å². The molecular weight excluding hydrogens is 304 g/mol. The molecule has 1 N–H and O–H groups in total. The summed E-state index contributed by atoms with van der Waals surface area (Å²) in [7, 11) is 0. The van der Waals surface area contributed by atoms with Crippen molar-refractivity contribution in [1.29, 1.82) is 0 Å². The summed E-state index contributed by atoms with van der Waals surface area (Å²) in [6.07, 6.45) is 6.84. The average molecular weight is 334 g/mol. The van der Waals surface area contributed by atoms with E-state index in [4.69, 9.17) is 4.42 Å². The summed E-state index contributed by atoms with van der Waals surface area (Å²) in [5.41, 5.74) is 0. The first-order valence-corrected chi connectivity index (χ1v) is 9.24. The van der Waals surface area contributed by atoms with Crippen LogP contribution in [0.5, 0.6) is 0 Å². The predicted octanol–water partition coefficient (Wildman–Crippen LogP) is 3.35. The number of rotatable bonds is 8. The molecule has 1 heterocycles. The van der Waals surface area contributed by atoms with Gasteiger partial charge < -0.3 is 14.6 Å². The summed E-state index contributed by atoms with van der Waals surface area (Å²) in [4.78, 5) is 26.9. The molecule has 0 atom stereocenters. The van der Waals surface area contributed by atoms with E-state index in [9.17, 15) is 9.59 Å². The fraction of sp³-hybridized carbons (Fsp3) is 0.684. The molecule has 1 aliphatic rings. The van der Waals surface area contributed by atoms with Crippen LogP contribution in [0.25, 0.3) is 0 Å². The van der Waals surface area contributed by atoms with E-state index in [-0.39, 0.29) is 23.7 Å². The van der Waals surface area contributed by atoms with Crippen LogP contribution in [0.2, 0.25) is 0 Å². The highest BCUT2D eigenvalue weighted by atomic mass is 16.3. The second-order valence-corrected chi connectivity index (χ2v) is 6.67. The first kappa shape index (κ1) is 18.6. The highest BCUT2D eigenvalue weighted by molar-refractivity contribution is 5.81. The van der Waals surface area contributed by atoms with Gasteiger partial charge in [-0.25, -0.2) is 0 Å². The summed E-state index contributed by atoms with van der Waals surface area (Å²) in [6.45, 7) is 6.34. The molecule has 1 fully saturated rings. The maximum atomic E-state index is 12.6. The molecule has 0 radical (unpaired) electrons. The van der Waals surface area contributed by atoms with Crippen molar-refractivity contribution in [3.05, 3.63) is 24.2 Å². The van der Waals surface area contributed by atoms with Crippen LogP contribution in [0.4, 0.5) is 0 Å². The molecule has 1 aromatic heterocycles. The minimum Gasteiger partial charge on any atom is -0.467 e. The lowest BCUT2D eigenvalue weighted by Gasteiger charge is -2.31. The Morgan fingerprint density at radius 2 is 1.75 bits per heavy atom. The van der Waals surface area contributed by atoms with Gasteiger partial charge in [-0.2, -0.15) is 0 Å². The number of nitrogens with zero attached hydrogens (tertiary/aromatic N) is 1. The number of hydrogen-bond acceptors (Lipinski definition) is 3. The molecule has 5 heteroatoms. The zero-order valence-electron chi connectivity index (χ0n) is 14.9. The molecule has 134 valence electrons. The lowest BCUT2D eigenvalue weighted by Crippen LogP contribution is -2.40. The minimum absolute atomic E-state index is 0.0230. The lowest BCUT2D eigenvalue weighted by atomic mass is 9.81. The van der Waals surface area contributed by atoms with Crippen LogP contribution in [0.15, 0.2) is 22.8 Å². The molecule has 2 rings (SSSR count). The maximum absolute atomic E-state index is 12.6. The largest absolute Gasteiger partial charge is 0.467 e. The average Bonchev–Trinajstić information content (AvgIpc) is 3.12. The second-order valence-electron chi connectivity index (χ2n) is 6.67. The van der Waals surface area contributed by atoms with Crippen LogP contribution < -0.4 is 5.32 Å². The van der Waals surface area contributed by atoms with Crippen molar-refractivity contribution in [3.63, 3.8) is 0 Å². The molecule has 1 saturated carbocycles. The topological polar surface area (TPSA) is 62.6 Å². The second kappa shape index (κ2) is 9.50. The summed E-state index contributed by atoms with van der Waals surface area (Å²) >= 11 is 0. The van der Waals surface area contributed by atoms with E-state index in [1.807, 2.05) is 17.0 Å². The van der Waals surface area contributed by atoms with Crippen LogP contribution in [0.3, 0.4) is 0 Å². The zero-order chi connectivity index (χ0) is 17.4. The number of amides is 2. The Kier molecular flexibility index (Phi) is 7.35. The molecule has 0 unspecified atom stereocenters. The van der Waals surface area contributed by atoms with E-state index in [1.165, 1.54) is 0 Å². The molecule has 0 spiro atoms. The third-order valence-electron chi connectivity index (χ3n) is 4.76.